The van der Waals surface area contributed by atoms with Gasteiger partial charge >= 0.3 is 6.03 Å². The quantitative estimate of drug-likeness (QED) is 0.505. The first-order valence-corrected chi connectivity index (χ1v) is 11.8. The highest BCUT2D eigenvalue weighted by Crippen LogP contribution is 2.45. The molecule has 1 N–H and O–H groups in total. The third kappa shape index (κ3) is 3.92. The van der Waals surface area contributed by atoms with Crippen LogP contribution in [-0.4, -0.2) is 37.7 Å². The van der Waals surface area contributed by atoms with Gasteiger partial charge in [-0.15, -0.1) is 0 Å². The van der Waals surface area contributed by atoms with Crippen molar-refractivity contribution in [2.24, 2.45) is 0 Å². The van der Waals surface area contributed by atoms with Crippen LogP contribution in [0.3, 0.4) is 0 Å². The van der Waals surface area contributed by atoms with Crippen molar-refractivity contribution in [1.29, 1.82) is 0 Å². The molecule has 0 aromatic heterocycles. The van der Waals surface area contributed by atoms with Gasteiger partial charge in [-0.25, -0.2) is 4.79 Å². The molecule has 174 valence electrons. The second-order valence-corrected chi connectivity index (χ2v) is 8.92. The summed E-state index contributed by atoms with van der Waals surface area (Å²) in [6.07, 6.45) is 1.75. The van der Waals surface area contributed by atoms with Crippen molar-refractivity contribution in [2.75, 3.05) is 26.1 Å². The second-order valence-electron chi connectivity index (χ2n) is 8.92. The van der Waals surface area contributed by atoms with E-state index >= 15 is 0 Å². The summed E-state index contributed by atoms with van der Waals surface area (Å²) in [6, 6.07) is 24.4. The van der Waals surface area contributed by atoms with Crippen molar-refractivity contribution in [2.45, 2.75) is 31.7 Å². The number of carbonyl (C=O) groups is 1. The van der Waals surface area contributed by atoms with Crippen molar-refractivity contribution in [3.8, 4) is 11.5 Å². The highest BCUT2D eigenvalue weighted by atomic mass is 16.5. The van der Waals surface area contributed by atoms with Crippen LogP contribution >= 0.6 is 0 Å². The molecule has 5 nitrogen and oxygen atoms in total. The predicted octanol–water partition coefficient (Wildman–Crippen LogP) is 6.12. The standard InChI is InChI=1S/C29H30N2O3/c1-19(20-9-5-4-6-10-20)28-25-17-21-11-7-8-12-23(21)24(25)15-16-31(28)29(32)30-26-14-13-22(33-2)18-27(26)34-3/h4-14,18-19,28H,15-17H2,1-3H3,(H,30,32). The molecule has 2 atom stereocenters. The molecule has 34 heavy (non-hydrogen) atoms. The van der Waals surface area contributed by atoms with Gasteiger partial charge in [0.05, 0.1) is 25.9 Å². The van der Waals surface area contributed by atoms with E-state index in [-0.39, 0.29) is 18.0 Å². The minimum absolute atomic E-state index is 0.0252. The summed E-state index contributed by atoms with van der Waals surface area (Å²) < 4.78 is 10.8. The number of anilines is 1. The Morgan fingerprint density at radius 3 is 2.53 bits per heavy atom. The van der Waals surface area contributed by atoms with Gasteiger partial charge < -0.3 is 19.7 Å². The number of hydrogen-bond acceptors (Lipinski definition) is 3. The van der Waals surface area contributed by atoms with E-state index in [2.05, 4.69) is 60.8 Å². The van der Waals surface area contributed by atoms with E-state index in [4.69, 9.17) is 9.47 Å². The predicted molar refractivity (Wildman–Crippen MR) is 136 cm³/mol. The Bertz CT molecular complexity index is 1240. The number of nitrogens with zero attached hydrogens (tertiary/aromatic N) is 1. The Labute approximate surface area is 201 Å². The molecule has 0 saturated carbocycles. The van der Waals surface area contributed by atoms with Gasteiger partial charge in [0.2, 0.25) is 0 Å². The van der Waals surface area contributed by atoms with Gasteiger partial charge in [0.25, 0.3) is 0 Å². The lowest BCUT2D eigenvalue weighted by molar-refractivity contribution is 0.186. The van der Waals surface area contributed by atoms with Gasteiger partial charge in [-0.1, -0.05) is 61.5 Å². The molecule has 2 aliphatic rings. The van der Waals surface area contributed by atoms with Crippen LogP contribution < -0.4 is 14.8 Å². The molecule has 5 heteroatoms. The van der Waals surface area contributed by atoms with Crippen LogP contribution in [0.2, 0.25) is 0 Å². The zero-order valence-corrected chi connectivity index (χ0v) is 19.9. The number of rotatable bonds is 5. The Morgan fingerprint density at radius 2 is 1.76 bits per heavy atom. The summed E-state index contributed by atoms with van der Waals surface area (Å²) in [5, 5.41) is 3.10. The fourth-order valence-corrected chi connectivity index (χ4v) is 5.42. The van der Waals surface area contributed by atoms with Crippen LogP contribution in [0, 0.1) is 0 Å². The normalized spacial score (nSPS) is 17.6. The molecule has 0 fully saturated rings. The highest BCUT2D eigenvalue weighted by Gasteiger charge is 2.40. The molecule has 0 bridgehead atoms. The number of carbonyl (C=O) groups excluding carboxylic acids is 1. The summed E-state index contributed by atoms with van der Waals surface area (Å²) in [7, 11) is 3.21. The number of fused-ring (bicyclic) bond motifs is 2. The van der Waals surface area contributed by atoms with Crippen LogP contribution in [0.25, 0.3) is 5.57 Å². The molecule has 1 heterocycles. The van der Waals surface area contributed by atoms with Crippen molar-refractivity contribution in [3.63, 3.8) is 0 Å². The van der Waals surface area contributed by atoms with Crippen molar-refractivity contribution < 1.29 is 14.3 Å². The molecule has 0 radical (unpaired) electrons. The number of amides is 2. The first kappa shape index (κ1) is 22.1. The number of urea groups is 1. The maximum atomic E-state index is 13.7. The summed E-state index contributed by atoms with van der Waals surface area (Å²) >= 11 is 0. The lowest BCUT2D eigenvalue weighted by Crippen LogP contribution is -2.49. The number of methoxy groups -OCH3 is 2. The van der Waals surface area contributed by atoms with E-state index in [1.54, 1.807) is 20.3 Å². The molecule has 3 aromatic carbocycles. The van der Waals surface area contributed by atoms with E-state index in [1.165, 1.54) is 27.8 Å². The van der Waals surface area contributed by atoms with Crippen molar-refractivity contribution in [1.82, 2.24) is 4.90 Å². The zero-order valence-electron chi connectivity index (χ0n) is 19.9. The molecule has 2 amide bonds. The minimum atomic E-state index is -0.112. The van der Waals surface area contributed by atoms with Crippen molar-refractivity contribution in [3.05, 3.63) is 95.1 Å². The Morgan fingerprint density at radius 1 is 1.00 bits per heavy atom. The summed E-state index contributed by atoms with van der Waals surface area (Å²) in [6.45, 7) is 2.90. The van der Waals surface area contributed by atoms with E-state index in [1.807, 2.05) is 23.1 Å². The molecule has 2 unspecified atom stereocenters. The van der Waals surface area contributed by atoms with Crippen LogP contribution in [0.4, 0.5) is 10.5 Å². The van der Waals surface area contributed by atoms with E-state index in [0.29, 0.717) is 23.7 Å². The largest absolute Gasteiger partial charge is 0.497 e. The van der Waals surface area contributed by atoms with E-state index in [9.17, 15) is 4.79 Å². The SMILES string of the molecule is COc1ccc(NC(=O)N2CCC3=C(Cc4ccccc43)C2C(C)c2ccccc2)c(OC)c1. The molecule has 3 aromatic rings. The number of ether oxygens (including phenoxy) is 2. The monoisotopic (exact) mass is 454 g/mol. The van der Waals surface area contributed by atoms with Gasteiger partial charge in [0.15, 0.2) is 0 Å². The average Bonchev–Trinajstić information content (AvgIpc) is 3.27. The Kier molecular flexibility index (Phi) is 6.01. The lowest BCUT2D eigenvalue weighted by Gasteiger charge is -2.41. The topological polar surface area (TPSA) is 50.8 Å². The highest BCUT2D eigenvalue weighted by molar-refractivity contribution is 5.93. The lowest BCUT2D eigenvalue weighted by atomic mass is 9.82. The van der Waals surface area contributed by atoms with Gasteiger partial charge in [-0.05, 0) is 52.8 Å². The summed E-state index contributed by atoms with van der Waals surface area (Å²) in [5.74, 6) is 1.41. The van der Waals surface area contributed by atoms with Gasteiger partial charge in [-0.3, -0.25) is 0 Å². The third-order valence-corrected chi connectivity index (χ3v) is 7.12. The molecular formula is C29H30N2O3. The van der Waals surface area contributed by atoms with Crippen LogP contribution in [0.5, 0.6) is 11.5 Å². The maximum Gasteiger partial charge on any atom is 0.322 e. The Balaban J connectivity index is 1.50. The molecule has 0 spiro atoms. The Hall–Kier alpha value is -3.73. The first-order valence-electron chi connectivity index (χ1n) is 11.8. The van der Waals surface area contributed by atoms with E-state index in [0.717, 1.165) is 12.8 Å². The van der Waals surface area contributed by atoms with Crippen LogP contribution in [0.1, 0.15) is 36.0 Å². The minimum Gasteiger partial charge on any atom is -0.497 e. The zero-order chi connectivity index (χ0) is 23.7. The molecule has 5 rings (SSSR count). The van der Waals surface area contributed by atoms with Gasteiger partial charge in [-0.2, -0.15) is 0 Å². The van der Waals surface area contributed by atoms with Gasteiger partial charge in [0, 0.05) is 18.5 Å². The van der Waals surface area contributed by atoms with Gasteiger partial charge in [0.1, 0.15) is 11.5 Å². The molecule has 1 aliphatic heterocycles. The second kappa shape index (κ2) is 9.26. The van der Waals surface area contributed by atoms with Crippen LogP contribution in [-0.2, 0) is 6.42 Å². The molecule has 1 aliphatic carbocycles. The van der Waals surface area contributed by atoms with Crippen molar-refractivity contribution >= 4 is 17.3 Å². The van der Waals surface area contributed by atoms with E-state index < -0.39 is 0 Å². The fraction of sp³-hybridized carbons (Fsp3) is 0.276. The molecule has 0 saturated heterocycles. The number of hydrogen-bond donors (Lipinski definition) is 1. The average molecular weight is 455 g/mol. The fourth-order valence-electron chi connectivity index (χ4n) is 5.42. The van der Waals surface area contributed by atoms with Crippen LogP contribution in [0.15, 0.2) is 78.4 Å². The first-order chi connectivity index (χ1) is 16.6. The number of benzene rings is 3. The summed E-state index contributed by atoms with van der Waals surface area (Å²) in [4.78, 5) is 15.7. The molecular weight excluding hydrogens is 424 g/mol. The third-order valence-electron chi connectivity index (χ3n) is 7.12. The summed E-state index contributed by atoms with van der Waals surface area (Å²) in [5.41, 5.74) is 7.34. The number of nitrogens with one attached hydrogen (secondary N) is 1. The maximum absolute atomic E-state index is 13.7. The smallest absolute Gasteiger partial charge is 0.322 e.